The molecule has 0 amide bonds. The van der Waals surface area contributed by atoms with Crippen molar-refractivity contribution in [3.63, 3.8) is 0 Å². The fourth-order valence-electron chi connectivity index (χ4n) is 3.43. The zero-order chi connectivity index (χ0) is 19.5. The summed E-state index contributed by atoms with van der Waals surface area (Å²) in [7, 11) is 1.43. The smallest absolute Gasteiger partial charge is 0.338 e. The molecule has 2 aliphatic rings. The van der Waals surface area contributed by atoms with E-state index in [1.165, 1.54) is 7.11 Å². The van der Waals surface area contributed by atoms with Gasteiger partial charge in [-0.3, -0.25) is 0 Å². The predicted octanol–water partition coefficient (Wildman–Crippen LogP) is 2.06. The van der Waals surface area contributed by atoms with Gasteiger partial charge in [-0.1, -0.05) is 48.5 Å². The number of carbonyl (C=O) groups excluding carboxylic acids is 1. The number of ether oxygens (including phenoxy) is 5. The van der Waals surface area contributed by atoms with E-state index in [1.54, 1.807) is 30.3 Å². The molecule has 4 rings (SSSR count). The fraction of sp³-hybridized carbons (Fsp3) is 0.381. The van der Waals surface area contributed by atoms with Gasteiger partial charge in [0.15, 0.2) is 18.7 Å². The summed E-state index contributed by atoms with van der Waals surface area (Å²) >= 11 is 0. The number of hydrogen-bond donors (Lipinski definition) is 1. The highest BCUT2D eigenvalue weighted by molar-refractivity contribution is 5.89. The van der Waals surface area contributed by atoms with Crippen LogP contribution in [0.5, 0.6) is 0 Å². The van der Waals surface area contributed by atoms with Gasteiger partial charge in [0, 0.05) is 12.7 Å². The van der Waals surface area contributed by atoms with Gasteiger partial charge in [0.05, 0.1) is 12.2 Å². The highest BCUT2D eigenvalue weighted by Gasteiger charge is 2.51. The van der Waals surface area contributed by atoms with Crippen molar-refractivity contribution in [2.24, 2.45) is 0 Å². The zero-order valence-corrected chi connectivity index (χ0v) is 15.3. The Hall–Kier alpha value is -2.29. The van der Waals surface area contributed by atoms with Crippen molar-refractivity contribution in [3.8, 4) is 0 Å². The third-order valence-corrected chi connectivity index (χ3v) is 4.87. The second-order valence-corrected chi connectivity index (χ2v) is 6.68. The lowest BCUT2D eigenvalue weighted by Crippen LogP contribution is -2.63. The lowest BCUT2D eigenvalue weighted by atomic mass is 9.97. The average molecular weight is 386 g/mol. The Morgan fingerprint density at radius 1 is 1.04 bits per heavy atom. The van der Waals surface area contributed by atoms with Crippen LogP contribution in [0.4, 0.5) is 0 Å². The van der Waals surface area contributed by atoms with Gasteiger partial charge in [-0.2, -0.15) is 0 Å². The summed E-state index contributed by atoms with van der Waals surface area (Å²) in [5.74, 6) is -0.569. The molecule has 2 saturated heterocycles. The highest BCUT2D eigenvalue weighted by atomic mass is 16.8. The number of aliphatic hydroxyl groups excluding tert-OH is 1. The van der Waals surface area contributed by atoms with Crippen LogP contribution >= 0.6 is 0 Å². The highest BCUT2D eigenvalue weighted by Crippen LogP contribution is 2.35. The number of carbonyl (C=O) groups is 1. The maximum atomic E-state index is 12.5. The Labute approximate surface area is 162 Å². The molecule has 0 bridgehead atoms. The first-order chi connectivity index (χ1) is 13.7. The van der Waals surface area contributed by atoms with Crippen molar-refractivity contribution < 1.29 is 33.6 Å². The van der Waals surface area contributed by atoms with Crippen molar-refractivity contribution in [1.82, 2.24) is 0 Å². The van der Waals surface area contributed by atoms with E-state index < -0.39 is 43.0 Å². The molecule has 7 nitrogen and oxygen atoms in total. The first-order valence-corrected chi connectivity index (χ1v) is 9.11. The van der Waals surface area contributed by atoms with Gasteiger partial charge in [0.1, 0.15) is 18.3 Å². The lowest BCUT2D eigenvalue weighted by molar-refractivity contribution is -0.357. The van der Waals surface area contributed by atoms with Gasteiger partial charge in [0.2, 0.25) is 0 Å². The van der Waals surface area contributed by atoms with Gasteiger partial charge >= 0.3 is 5.97 Å². The molecule has 7 heteroatoms. The maximum Gasteiger partial charge on any atom is 0.338 e. The summed E-state index contributed by atoms with van der Waals surface area (Å²) in [6.07, 6.45) is -4.99. The summed E-state index contributed by atoms with van der Waals surface area (Å²) in [6.45, 7) is 0.223. The average Bonchev–Trinajstić information content (AvgIpc) is 2.76. The van der Waals surface area contributed by atoms with Crippen molar-refractivity contribution in [2.75, 3.05) is 13.7 Å². The van der Waals surface area contributed by atoms with Crippen LogP contribution in [0.1, 0.15) is 22.2 Å². The standard InChI is InChI=1S/C21H22O7/c1-24-21-18(27-19(23)13-8-4-2-5-9-13)16(22)17-15(26-21)12-25-20(28-17)14-10-6-3-7-11-14/h2-11,15-18,20-22H,12H2,1H3/t15-,16+,17+,18+,20+,21-/m0/s1. The van der Waals surface area contributed by atoms with Crippen LogP contribution < -0.4 is 0 Å². The van der Waals surface area contributed by atoms with Crippen molar-refractivity contribution in [1.29, 1.82) is 0 Å². The van der Waals surface area contributed by atoms with Crippen LogP contribution in [-0.2, 0) is 23.7 Å². The number of fused-ring (bicyclic) bond motifs is 1. The molecule has 148 valence electrons. The largest absolute Gasteiger partial charge is 0.450 e. The van der Waals surface area contributed by atoms with Gasteiger partial charge in [-0.15, -0.1) is 0 Å². The normalized spacial score (nSPS) is 32.4. The van der Waals surface area contributed by atoms with E-state index >= 15 is 0 Å². The van der Waals surface area contributed by atoms with Crippen LogP contribution in [0.25, 0.3) is 0 Å². The fourth-order valence-corrected chi connectivity index (χ4v) is 3.43. The van der Waals surface area contributed by atoms with Gasteiger partial charge in [0.25, 0.3) is 0 Å². The van der Waals surface area contributed by atoms with E-state index in [0.717, 1.165) is 5.56 Å². The molecule has 28 heavy (non-hydrogen) atoms. The summed E-state index contributed by atoms with van der Waals surface area (Å²) in [5, 5.41) is 10.9. The van der Waals surface area contributed by atoms with E-state index in [-0.39, 0.29) is 6.61 Å². The second-order valence-electron chi connectivity index (χ2n) is 6.68. The number of rotatable bonds is 4. The monoisotopic (exact) mass is 386 g/mol. The summed E-state index contributed by atoms with van der Waals surface area (Å²) in [5.41, 5.74) is 1.21. The molecule has 0 unspecified atom stereocenters. The Morgan fingerprint density at radius 3 is 2.39 bits per heavy atom. The molecule has 2 aromatic carbocycles. The van der Waals surface area contributed by atoms with Crippen LogP contribution in [0, 0.1) is 0 Å². The molecular weight excluding hydrogens is 364 g/mol. The quantitative estimate of drug-likeness (QED) is 0.806. The molecule has 0 saturated carbocycles. The zero-order valence-electron chi connectivity index (χ0n) is 15.3. The Bertz CT molecular complexity index is 782. The number of methoxy groups -OCH3 is 1. The predicted molar refractivity (Wildman–Crippen MR) is 97.3 cm³/mol. The minimum Gasteiger partial charge on any atom is -0.450 e. The third kappa shape index (κ3) is 3.80. The minimum absolute atomic E-state index is 0.223. The molecule has 0 aromatic heterocycles. The number of hydrogen-bond acceptors (Lipinski definition) is 7. The lowest BCUT2D eigenvalue weighted by Gasteiger charge is -2.46. The Morgan fingerprint density at radius 2 is 1.71 bits per heavy atom. The molecular formula is C21H22O7. The molecule has 0 aliphatic carbocycles. The summed E-state index contributed by atoms with van der Waals surface area (Å²) in [6, 6.07) is 18.0. The molecule has 0 radical (unpaired) electrons. The molecule has 2 heterocycles. The number of benzene rings is 2. The van der Waals surface area contributed by atoms with Crippen molar-refractivity contribution in [2.45, 2.75) is 37.0 Å². The van der Waals surface area contributed by atoms with Crippen molar-refractivity contribution in [3.05, 3.63) is 71.8 Å². The minimum atomic E-state index is -1.13. The SMILES string of the molecule is CO[C@H]1O[C@H]2CO[C@@H](c3ccccc3)O[C@H]2[C@@H](O)[C@H]1OC(=O)c1ccccc1. The van der Waals surface area contributed by atoms with Crippen LogP contribution in [-0.4, -0.2) is 55.5 Å². The third-order valence-electron chi connectivity index (χ3n) is 4.87. The van der Waals surface area contributed by atoms with Gasteiger partial charge in [-0.05, 0) is 12.1 Å². The van der Waals surface area contributed by atoms with E-state index in [9.17, 15) is 9.90 Å². The first-order valence-electron chi connectivity index (χ1n) is 9.11. The van der Waals surface area contributed by atoms with Gasteiger partial charge in [-0.25, -0.2) is 4.79 Å². The van der Waals surface area contributed by atoms with Gasteiger partial charge < -0.3 is 28.8 Å². The summed E-state index contributed by atoms with van der Waals surface area (Å²) < 4.78 is 28.4. The molecule has 2 aliphatic heterocycles. The van der Waals surface area contributed by atoms with E-state index in [0.29, 0.717) is 5.56 Å². The maximum absolute atomic E-state index is 12.5. The van der Waals surface area contributed by atoms with E-state index in [2.05, 4.69) is 0 Å². The topological polar surface area (TPSA) is 83.5 Å². The van der Waals surface area contributed by atoms with Crippen LogP contribution in [0.15, 0.2) is 60.7 Å². The molecule has 2 fully saturated rings. The molecule has 2 aromatic rings. The Balaban J connectivity index is 1.50. The Kier molecular flexibility index (Phi) is 5.70. The van der Waals surface area contributed by atoms with Crippen LogP contribution in [0.2, 0.25) is 0 Å². The number of aliphatic hydroxyl groups is 1. The van der Waals surface area contributed by atoms with E-state index in [4.69, 9.17) is 23.7 Å². The molecule has 1 N–H and O–H groups in total. The van der Waals surface area contributed by atoms with Crippen LogP contribution in [0.3, 0.4) is 0 Å². The number of esters is 1. The van der Waals surface area contributed by atoms with E-state index in [1.807, 2.05) is 30.3 Å². The van der Waals surface area contributed by atoms with Crippen molar-refractivity contribution >= 4 is 5.97 Å². The summed E-state index contributed by atoms with van der Waals surface area (Å²) in [4.78, 5) is 12.5. The second kappa shape index (κ2) is 8.38. The molecule has 0 spiro atoms. The molecule has 6 atom stereocenters. The first kappa shape index (κ1) is 19.0.